The summed E-state index contributed by atoms with van der Waals surface area (Å²) in [6, 6.07) is 15.0. The van der Waals surface area contributed by atoms with Crippen molar-refractivity contribution in [3.05, 3.63) is 71.8 Å². The Balaban J connectivity index is 1.64. The highest BCUT2D eigenvalue weighted by Gasteiger charge is 2.37. The van der Waals surface area contributed by atoms with Crippen molar-refractivity contribution in [1.29, 1.82) is 0 Å². The lowest BCUT2D eigenvalue weighted by molar-refractivity contribution is -0.149. The van der Waals surface area contributed by atoms with Gasteiger partial charge in [-0.25, -0.2) is 9.59 Å². The monoisotopic (exact) mass is 497 g/mol. The first-order valence-electron chi connectivity index (χ1n) is 11.8. The van der Waals surface area contributed by atoms with Gasteiger partial charge < -0.3 is 30.5 Å². The van der Waals surface area contributed by atoms with Gasteiger partial charge in [-0.05, 0) is 37.3 Å². The minimum atomic E-state index is -1.70. The summed E-state index contributed by atoms with van der Waals surface area (Å²) in [7, 11) is 0. The first-order valence-corrected chi connectivity index (χ1v) is 11.8. The van der Waals surface area contributed by atoms with Gasteiger partial charge in [-0.3, -0.25) is 9.59 Å². The third kappa shape index (κ3) is 7.29. The van der Waals surface area contributed by atoms with Crippen LogP contribution in [-0.2, 0) is 32.1 Å². The average molecular weight is 498 g/mol. The van der Waals surface area contributed by atoms with Gasteiger partial charge in [-0.1, -0.05) is 60.7 Å². The number of aliphatic hydroxyl groups excluding tert-OH is 1. The maximum Gasteiger partial charge on any atom is 0.407 e. The minimum Gasteiger partial charge on any atom is -0.480 e. The molecule has 3 rings (SSSR count). The third-order valence-corrected chi connectivity index (χ3v) is 6.01. The fraction of sp³-hybridized carbons (Fsp3) is 0.385. The van der Waals surface area contributed by atoms with Gasteiger partial charge in [0, 0.05) is 6.54 Å². The molecule has 1 heterocycles. The SMILES string of the molecule is C[C@H](NC(=O)C(O)C(Cc1ccccc1)NC(=O)OCc1ccccc1)C(=O)N1CCC[C@H]1C(=O)O. The van der Waals surface area contributed by atoms with Crippen LogP contribution in [-0.4, -0.2) is 69.8 Å². The van der Waals surface area contributed by atoms with E-state index in [-0.39, 0.29) is 19.6 Å². The first kappa shape index (κ1) is 26.7. The Hall–Kier alpha value is -3.92. The molecule has 0 aromatic heterocycles. The van der Waals surface area contributed by atoms with E-state index in [2.05, 4.69) is 10.6 Å². The number of carboxylic acid groups (broad SMARTS) is 1. The Morgan fingerprint density at radius 1 is 1.00 bits per heavy atom. The summed E-state index contributed by atoms with van der Waals surface area (Å²) < 4.78 is 5.24. The lowest BCUT2D eigenvalue weighted by Gasteiger charge is -2.27. The number of carbonyl (C=O) groups excluding carboxylic acids is 3. The molecule has 0 aliphatic carbocycles. The summed E-state index contributed by atoms with van der Waals surface area (Å²) in [6.07, 6.45) is -1.47. The van der Waals surface area contributed by atoms with Crippen LogP contribution < -0.4 is 10.6 Å². The van der Waals surface area contributed by atoms with Crippen LogP contribution in [0.5, 0.6) is 0 Å². The fourth-order valence-electron chi connectivity index (χ4n) is 4.10. The maximum atomic E-state index is 12.8. The van der Waals surface area contributed by atoms with Gasteiger partial charge in [-0.15, -0.1) is 0 Å². The minimum absolute atomic E-state index is 0.0130. The van der Waals surface area contributed by atoms with Crippen LogP contribution in [0.2, 0.25) is 0 Å². The third-order valence-electron chi connectivity index (χ3n) is 6.01. The van der Waals surface area contributed by atoms with Crippen molar-refractivity contribution in [2.45, 2.75) is 57.0 Å². The largest absolute Gasteiger partial charge is 0.480 e. The van der Waals surface area contributed by atoms with Gasteiger partial charge >= 0.3 is 12.1 Å². The molecule has 4 N–H and O–H groups in total. The van der Waals surface area contributed by atoms with Crippen LogP contribution in [0, 0.1) is 0 Å². The fourth-order valence-corrected chi connectivity index (χ4v) is 4.10. The Morgan fingerprint density at radius 3 is 2.22 bits per heavy atom. The number of aliphatic carboxylic acids is 1. The summed E-state index contributed by atoms with van der Waals surface area (Å²) in [5.74, 6) is -2.51. The van der Waals surface area contributed by atoms with Crippen LogP contribution in [0.25, 0.3) is 0 Å². The van der Waals surface area contributed by atoms with E-state index in [4.69, 9.17) is 4.74 Å². The summed E-state index contributed by atoms with van der Waals surface area (Å²) in [6.45, 7) is 1.72. The predicted molar refractivity (Wildman–Crippen MR) is 130 cm³/mol. The molecule has 0 radical (unpaired) electrons. The molecule has 1 aliphatic rings. The Bertz CT molecular complexity index is 1050. The van der Waals surface area contributed by atoms with Crippen molar-refractivity contribution in [3.8, 4) is 0 Å². The number of amides is 3. The molecule has 0 spiro atoms. The highest BCUT2D eigenvalue weighted by atomic mass is 16.5. The number of ether oxygens (including phenoxy) is 1. The molecule has 3 amide bonds. The molecular formula is C26H31N3O7. The Labute approximate surface area is 209 Å². The van der Waals surface area contributed by atoms with Crippen molar-refractivity contribution in [2.75, 3.05) is 6.54 Å². The normalized spacial score (nSPS) is 17.5. The Kier molecular flexibility index (Phi) is 9.40. The number of likely N-dealkylation sites (tertiary alicyclic amines) is 1. The van der Waals surface area contributed by atoms with Crippen LogP contribution in [0.15, 0.2) is 60.7 Å². The molecule has 2 aromatic carbocycles. The molecule has 0 saturated carbocycles. The number of benzene rings is 2. The number of carbonyl (C=O) groups is 4. The molecule has 1 fully saturated rings. The number of rotatable bonds is 10. The number of nitrogens with zero attached hydrogens (tertiary/aromatic N) is 1. The molecule has 2 aromatic rings. The summed E-state index contributed by atoms with van der Waals surface area (Å²) in [4.78, 5) is 50.7. The van der Waals surface area contributed by atoms with Crippen molar-refractivity contribution in [2.24, 2.45) is 0 Å². The molecule has 1 aliphatic heterocycles. The number of hydrogen-bond donors (Lipinski definition) is 4. The number of nitrogens with one attached hydrogen (secondary N) is 2. The maximum absolute atomic E-state index is 12.8. The number of alkyl carbamates (subject to hydrolysis) is 1. The molecule has 192 valence electrons. The molecule has 0 bridgehead atoms. The summed E-state index contributed by atoms with van der Waals surface area (Å²) in [5, 5.41) is 25.1. The lowest BCUT2D eigenvalue weighted by Crippen LogP contribution is -2.56. The van der Waals surface area contributed by atoms with Gasteiger partial charge in [0.15, 0.2) is 6.10 Å². The van der Waals surface area contributed by atoms with Crippen LogP contribution in [0.3, 0.4) is 0 Å². The number of carboxylic acids is 1. The molecule has 10 nitrogen and oxygen atoms in total. The number of hydrogen-bond acceptors (Lipinski definition) is 6. The Morgan fingerprint density at radius 2 is 1.61 bits per heavy atom. The highest BCUT2D eigenvalue weighted by Crippen LogP contribution is 2.18. The molecule has 1 saturated heterocycles. The zero-order valence-corrected chi connectivity index (χ0v) is 20.0. The molecule has 4 atom stereocenters. The van der Waals surface area contributed by atoms with E-state index in [1.807, 2.05) is 24.3 Å². The van der Waals surface area contributed by atoms with Crippen molar-refractivity contribution < 1.29 is 34.1 Å². The smallest absolute Gasteiger partial charge is 0.407 e. The van der Waals surface area contributed by atoms with Crippen molar-refractivity contribution in [3.63, 3.8) is 0 Å². The van der Waals surface area contributed by atoms with Gasteiger partial charge in [0.2, 0.25) is 5.91 Å². The second-order valence-electron chi connectivity index (χ2n) is 8.71. The van der Waals surface area contributed by atoms with E-state index in [9.17, 15) is 29.4 Å². The van der Waals surface area contributed by atoms with Gasteiger partial charge in [0.1, 0.15) is 18.7 Å². The zero-order chi connectivity index (χ0) is 26.1. The second-order valence-corrected chi connectivity index (χ2v) is 8.71. The van der Waals surface area contributed by atoms with Crippen molar-refractivity contribution in [1.82, 2.24) is 15.5 Å². The van der Waals surface area contributed by atoms with Crippen LogP contribution >= 0.6 is 0 Å². The van der Waals surface area contributed by atoms with E-state index < -0.39 is 48.1 Å². The quantitative estimate of drug-likeness (QED) is 0.389. The van der Waals surface area contributed by atoms with Gasteiger partial charge in [0.25, 0.3) is 5.91 Å². The van der Waals surface area contributed by atoms with Crippen molar-refractivity contribution >= 4 is 23.9 Å². The summed E-state index contributed by atoms with van der Waals surface area (Å²) in [5.41, 5.74) is 1.54. The van der Waals surface area contributed by atoms with E-state index in [1.165, 1.54) is 11.8 Å². The predicted octanol–water partition coefficient (Wildman–Crippen LogP) is 1.47. The second kappa shape index (κ2) is 12.7. The summed E-state index contributed by atoms with van der Waals surface area (Å²) >= 11 is 0. The van der Waals surface area contributed by atoms with Crippen LogP contribution in [0.1, 0.15) is 30.9 Å². The van der Waals surface area contributed by atoms with Gasteiger partial charge in [0.05, 0.1) is 6.04 Å². The zero-order valence-electron chi connectivity index (χ0n) is 20.0. The highest BCUT2D eigenvalue weighted by molar-refractivity contribution is 5.92. The van der Waals surface area contributed by atoms with Crippen LogP contribution in [0.4, 0.5) is 4.79 Å². The number of aliphatic hydroxyl groups is 1. The molecule has 2 unspecified atom stereocenters. The van der Waals surface area contributed by atoms with E-state index in [0.717, 1.165) is 11.1 Å². The standard InChI is InChI=1S/C26H31N3O7/c1-17(24(32)29-14-8-13-21(29)25(33)34)27-23(31)22(30)20(15-18-9-4-2-5-10-18)28-26(35)36-16-19-11-6-3-7-12-19/h2-7,9-12,17,20-22,30H,8,13-16H2,1H3,(H,27,31)(H,28,35)(H,33,34)/t17-,20?,21-,22?/m0/s1. The first-order chi connectivity index (χ1) is 17.3. The molecular weight excluding hydrogens is 466 g/mol. The molecule has 10 heteroatoms. The lowest BCUT2D eigenvalue weighted by atomic mass is 10.0. The van der Waals surface area contributed by atoms with E-state index in [0.29, 0.717) is 12.8 Å². The van der Waals surface area contributed by atoms with E-state index >= 15 is 0 Å². The topological polar surface area (TPSA) is 145 Å². The van der Waals surface area contributed by atoms with E-state index in [1.54, 1.807) is 36.4 Å². The molecule has 36 heavy (non-hydrogen) atoms. The van der Waals surface area contributed by atoms with Gasteiger partial charge in [-0.2, -0.15) is 0 Å². The average Bonchev–Trinajstić information content (AvgIpc) is 3.38.